The first kappa shape index (κ1) is 10.9. The van der Waals surface area contributed by atoms with Crippen LogP contribution in [0.1, 0.15) is 30.9 Å². The van der Waals surface area contributed by atoms with Gasteiger partial charge in [0.2, 0.25) is 0 Å². The number of likely N-dealkylation sites (N-methyl/N-ethyl adjacent to an activating group) is 1. The summed E-state index contributed by atoms with van der Waals surface area (Å²) in [5.74, 6) is 0.593. The Kier molecular flexibility index (Phi) is 3.09. The van der Waals surface area contributed by atoms with Gasteiger partial charge in [-0.05, 0) is 22.6 Å². The standard InChI is InChI=1S/C14H18N2/c1-11(2)12-4-6-13(7-5-12)14-8-15-10-16(3)9-14/h4-8,10-11H,9H2,1-3H3. The van der Waals surface area contributed by atoms with Gasteiger partial charge < -0.3 is 4.90 Å². The summed E-state index contributed by atoms with van der Waals surface area (Å²) >= 11 is 0. The van der Waals surface area contributed by atoms with Gasteiger partial charge in [0, 0.05) is 19.8 Å². The van der Waals surface area contributed by atoms with Gasteiger partial charge >= 0.3 is 0 Å². The molecule has 16 heavy (non-hydrogen) atoms. The van der Waals surface area contributed by atoms with E-state index in [2.05, 4.69) is 48.0 Å². The number of hydrogen-bond donors (Lipinski definition) is 0. The molecule has 0 atom stereocenters. The molecule has 0 aromatic heterocycles. The maximum Gasteiger partial charge on any atom is 0.0905 e. The van der Waals surface area contributed by atoms with E-state index < -0.39 is 0 Å². The van der Waals surface area contributed by atoms with E-state index in [1.165, 1.54) is 16.7 Å². The highest BCUT2D eigenvalue weighted by Crippen LogP contribution is 2.21. The molecule has 1 aliphatic rings. The first-order valence-electron chi connectivity index (χ1n) is 5.70. The quantitative estimate of drug-likeness (QED) is 0.738. The zero-order valence-corrected chi connectivity index (χ0v) is 10.1. The summed E-state index contributed by atoms with van der Waals surface area (Å²) in [5.41, 5.74) is 3.94. The molecule has 0 saturated carbocycles. The lowest BCUT2D eigenvalue weighted by Gasteiger charge is -2.19. The Morgan fingerprint density at radius 2 is 1.88 bits per heavy atom. The molecule has 0 bridgehead atoms. The van der Waals surface area contributed by atoms with Gasteiger partial charge in [-0.25, -0.2) is 4.99 Å². The second kappa shape index (κ2) is 4.52. The van der Waals surface area contributed by atoms with Crippen LogP contribution < -0.4 is 0 Å². The molecule has 0 fully saturated rings. The summed E-state index contributed by atoms with van der Waals surface area (Å²) in [6.45, 7) is 5.37. The smallest absolute Gasteiger partial charge is 0.0905 e. The van der Waals surface area contributed by atoms with Crippen LogP contribution in [0.25, 0.3) is 5.57 Å². The number of rotatable bonds is 2. The minimum Gasteiger partial charge on any atom is -0.361 e. The molecule has 2 nitrogen and oxygen atoms in total. The van der Waals surface area contributed by atoms with Crippen LogP contribution in [-0.2, 0) is 0 Å². The highest BCUT2D eigenvalue weighted by atomic mass is 15.1. The predicted octanol–water partition coefficient (Wildman–Crippen LogP) is 3.12. The molecular weight excluding hydrogens is 196 g/mol. The van der Waals surface area contributed by atoms with Gasteiger partial charge in [-0.2, -0.15) is 0 Å². The van der Waals surface area contributed by atoms with Crippen LogP contribution in [0.3, 0.4) is 0 Å². The van der Waals surface area contributed by atoms with Crippen LogP contribution in [0.2, 0.25) is 0 Å². The molecule has 0 N–H and O–H groups in total. The molecule has 2 rings (SSSR count). The fourth-order valence-electron chi connectivity index (χ4n) is 1.84. The Morgan fingerprint density at radius 1 is 1.19 bits per heavy atom. The van der Waals surface area contributed by atoms with Gasteiger partial charge in [0.1, 0.15) is 0 Å². The average Bonchev–Trinajstić information content (AvgIpc) is 2.29. The minimum absolute atomic E-state index is 0.593. The molecule has 0 saturated heterocycles. The van der Waals surface area contributed by atoms with E-state index in [-0.39, 0.29) is 0 Å². The second-order valence-corrected chi connectivity index (χ2v) is 4.61. The van der Waals surface area contributed by atoms with Crippen molar-refractivity contribution in [1.29, 1.82) is 0 Å². The molecular formula is C14H18N2. The van der Waals surface area contributed by atoms with Gasteiger partial charge in [-0.1, -0.05) is 38.1 Å². The normalized spacial score (nSPS) is 15.5. The molecule has 1 aliphatic heterocycles. The fourth-order valence-corrected chi connectivity index (χ4v) is 1.84. The number of hydrogen-bond acceptors (Lipinski definition) is 2. The van der Waals surface area contributed by atoms with E-state index >= 15 is 0 Å². The molecule has 2 heteroatoms. The summed E-state index contributed by atoms with van der Waals surface area (Å²) in [4.78, 5) is 6.30. The zero-order chi connectivity index (χ0) is 11.5. The van der Waals surface area contributed by atoms with Crippen LogP contribution >= 0.6 is 0 Å². The molecule has 0 amide bonds. The van der Waals surface area contributed by atoms with Crippen LogP contribution in [0.15, 0.2) is 35.5 Å². The van der Waals surface area contributed by atoms with Crippen LogP contribution in [0, 0.1) is 0 Å². The molecule has 0 aliphatic carbocycles. The average molecular weight is 214 g/mol. The summed E-state index contributed by atoms with van der Waals surface area (Å²) in [6.07, 6.45) is 3.80. The van der Waals surface area contributed by atoms with Gasteiger partial charge in [0.15, 0.2) is 0 Å². The van der Waals surface area contributed by atoms with Crippen molar-refractivity contribution in [3.8, 4) is 0 Å². The van der Waals surface area contributed by atoms with Crippen molar-refractivity contribution < 1.29 is 0 Å². The Balaban J connectivity index is 2.22. The molecule has 1 aromatic carbocycles. The van der Waals surface area contributed by atoms with E-state index in [0.717, 1.165) is 6.54 Å². The molecule has 0 spiro atoms. The molecule has 0 unspecified atom stereocenters. The van der Waals surface area contributed by atoms with Crippen molar-refractivity contribution in [2.24, 2.45) is 4.99 Å². The summed E-state index contributed by atoms with van der Waals surface area (Å²) in [5, 5.41) is 0. The lowest BCUT2D eigenvalue weighted by Crippen LogP contribution is -2.20. The topological polar surface area (TPSA) is 15.6 Å². The predicted molar refractivity (Wildman–Crippen MR) is 69.6 cm³/mol. The van der Waals surface area contributed by atoms with Crippen molar-refractivity contribution in [3.05, 3.63) is 41.6 Å². The zero-order valence-electron chi connectivity index (χ0n) is 10.1. The van der Waals surface area contributed by atoms with Crippen molar-refractivity contribution in [1.82, 2.24) is 4.90 Å². The highest BCUT2D eigenvalue weighted by molar-refractivity contribution is 5.73. The first-order chi connectivity index (χ1) is 7.66. The molecule has 0 radical (unpaired) electrons. The van der Waals surface area contributed by atoms with E-state index in [4.69, 9.17) is 0 Å². The van der Waals surface area contributed by atoms with Gasteiger partial charge in [-0.15, -0.1) is 0 Å². The minimum atomic E-state index is 0.593. The third-order valence-electron chi connectivity index (χ3n) is 2.86. The van der Waals surface area contributed by atoms with Crippen molar-refractivity contribution >= 4 is 11.9 Å². The van der Waals surface area contributed by atoms with E-state index in [9.17, 15) is 0 Å². The van der Waals surface area contributed by atoms with Crippen molar-refractivity contribution in [3.63, 3.8) is 0 Å². The molecule has 1 aromatic rings. The monoisotopic (exact) mass is 214 g/mol. The van der Waals surface area contributed by atoms with Crippen LogP contribution in [-0.4, -0.2) is 24.8 Å². The van der Waals surface area contributed by atoms with Gasteiger partial charge in [0.05, 0.1) is 6.34 Å². The maximum absolute atomic E-state index is 4.21. The Bertz CT molecular complexity index is 413. The maximum atomic E-state index is 4.21. The second-order valence-electron chi connectivity index (χ2n) is 4.61. The Morgan fingerprint density at radius 3 is 2.44 bits per heavy atom. The largest absolute Gasteiger partial charge is 0.361 e. The van der Waals surface area contributed by atoms with Crippen LogP contribution in [0.5, 0.6) is 0 Å². The third-order valence-corrected chi connectivity index (χ3v) is 2.86. The Labute approximate surface area is 97.3 Å². The lowest BCUT2D eigenvalue weighted by molar-refractivity contribution is 0.583. The first-order valence-corrected chi connectivity index (χ1v) is 5.70. The molecule has 1 heterocycles. The number of aliphatic imine (C=N–C) groups is 1. The lowest BCUT2D eigenvalue weighted by atomic mass is 9.99. The van der Waals surface area contributed by atoms with E-state index in [1.807, 2.05) is 19.6 Å². The number of nitrogens with zero attached hydrogens (tertiary/aromatic N) is 2. The van der Waals surface area contributed by atoms with E-state index in [1.54, 1.807) is 0 Å². The Hall–Kier alpha value is -1.57. The summed E-state index contributed by atoms with van der Waals surface area (Å²) in [7, 11) is 2.04. The highest BCUT2D eigenvalue weighted by Gasteiger charge is 2.07. The fraction of sp³-hybridized carbons (Fsp3) is 0.357. The van der Waals surface area contributed by atoms with Gasteiger partial charge in [-0.3, -0.25) is 0 Å². The van der Waals surface area contributed by atoms with Crippen LogP contribution in [0.4, 0.5) is 0 Å². The SMILES string of the molecule is CC(C)c1ccc(C2=CN=CN(C)C2)cc1. The van der Waals surface area contributed by atoms with Gasteiger partial charge in [0.25, 0.3) is 0 Å². The summed E-state index contributed by atoms with van der Waals surface area (Å²) in [6, 6.07) is 8.80. The van der Waals surface area contributed by atoms with E-state index in [0.29, 0.717) is 5.92 Å². The van der Waals surface area contributed by atoms with Crippen molar-refractivity contribution in [2.45, 2.75) is 19.8 Å². The molecule has 84 valence electrons. The summed E-state index contributed by atoms with van der Waals surface area (Å²) < 4.78 is 0. The number of benzene rings is 1. The third kappa shape index (κ3) is 2.32. The van der Waals surface area contributed by atoms with Crippen molar-refractivity contribution in [2.75, 3.05) is 13.6 Å².